The van der Waals surface area contributed by atoms with Gasteiger partial charge in [0.05, 0.1) is 12.1 Å². The monoisotopic (exact) mass is 471 g/mol. The van der Waals surface area contributed by atoms with E-state index in [2.05, 4.69) is 47.0 Å². The molecular formula is C26H34ClN3O3. The smallest absolute Gasteiger partial charge is 0.139 e. The van der Waals surface area contributed by atoms with Gasteiger partial charge < -0.3 is 14.4 Å². The van der Waals surface area contributed by atoms with Crippen molar-refractivity contribution in [2.24, 2.45) is 5.18 Å². The van der Waals surface area contributed by atoms with E-state index in [4.69, 9.17) is 21.1 Å². The topological polar surface area (TPSA) is 54.4 Å². The molecule has 0 spiro atoms. The van der Waals surface area contributed by atoms with Crippen molar-refractivity contribution in [1.29, 1.82) is 0 Å². The molecule has 2 aromatic rings. The van der Waals surface area contributed by atoms with Gasteiger partial charge in [-0.1, -0.05) is 22.8 Å². The third kappa shape index (κ3) is 4.97. The molecule has 0 saturated carbocycles. The Labute approximate surface area is 201 Å². The standard InChI is InChI=1S/C26H34ClN3O3/c1-17(28-31)16-33-25-11-9-22(18(2)19(25)3)24-7-5-6-21-15-29(12-13-30(21)24)20-8-10-23(27)26(14-20)32-4/h8-11,14,17,21,24H,5-7,12-13,15-16H2,1-4H3/t17?,21-,24+/m0/s1. The van der Waals surface area contributed by atoms with Crippen molar-refractivity contribution in [2.45, 2.75) is 58.2 Å². The Kier molecular flexibility index (Phi) is 7.45. The van der Waals surface area contributed by atoms with E-state index in [-0.39, 0.29) is 6.04 Å². The van der Waals surface area contributed by atoms with Gasteiger partial charge in [0, 0.05) is 43.5 Å². The molecule has 1 unspecified atom stereocenters. The van der Waals surface area contributed by atoms with Crippen molar-refractivity contribution < 1.29 is 9.47 Å². The van der Waals surface area contributed by atoms with Crippen LogP contribution in [0.15, 0.2) is 35.5 Å². The van der Waals surface area contributed by atoms with E-state index in [0.29, 0.717) is 23.7 Å². The summed E-state index contributed by atoms with van der Waals surface area (Å²) in [6.07, 6.45) is 3.62. The van der Waals surface area contributed by atoms with Gasteiger partial charge in [0.2, 0.25) is 0 Å². The van der Waals surface area contributed by atoms with E-state index in [9.17, 15) is 4.91 Å². The van der Waals surface area contributed by atoms with Gasteiger partial charge in [-0.15, -0.1) is 0 Å². The summed E-state index contributed by atoms with van der Waals surface area (Å²) < 4.78 is 11.3. The SMILES string of the molecule is COc1cc(N2CCN3[C@@H](CCC[C@@H]3c3ccc(OCC(C)N=O)c(C)c3C)C2)ccc1Cl. The van der Waals surface area contributed by atoms with Crippen LogP contribution in [0.2, 0.25) is 5.02 Å². The minimum atomic E-state index is -0.347. The molecule has 2 aromatic carbocycles. The van der Waals surface area contributed by atoms with Gasteiger partial charge in [-0.2, -0.15) is 4.91 Å². The minimum Gasteiger partial charge on any atom is -0.495 e. The van der Waals surface area contributed by atoms with Gasteiger partial charge in [-0.25, -0.2) is 0 Å². The lowest BCUT2D eigenvalue weighted by atomic mass is 9.86. The highest BCUT2D eigenvalue weighted by Crippen LogP contribution is 2.40. The largest absolute Gasteiger partial charge is 0.495 e. The molecule has 33 heavy (non-hydrogen) atoms. The molecule has 178 valence electrons. The zero-order chi connectivity index (χ0) is 23.5. The maximum Gasteiger partial charge on any atom is 0.139 e. The first-order valence-electron chi connectivity index (χ1n) is 11.8. The maximum absolute atomic E-state index is 10.7. The number of piperidine rings is 1. The van der Waals surface area contributed by atoms with Crippen LogP contribution in [0.3, 0.4) is 0 Å². The maximum atomic E-state index is 10.7. The van der Waals surface area contributed by atoms with E-state index in [1.54, 1.807) is 14.0 Å². The number of piperazine rings is 1. The molecule has 2 fully saturated rings. The lowest BCUT2D eigenvalue weighted by Gasteiger charge is -2.49. The van der Waals surface area contributed by atoms with Crippen molar-refractivity contribution >= 4 is 17.3 Å². The van der Waals surface area contributed by atoms with Crippen molar-refractivity contribution in [3.8, 4) is 11.5 Å². The molecule has 0 radical (unpaired) electrons. The van der Waals surface area contributed by atoms with Gasteiger partial charge in [0.1, 0.15) is 24.1 Å². The molecule has 2 aliphatic rings. The molecule has 2 aliphatic heterocycles. The third-order valence-electron chi connectivity index (χ3n) is 7.24. The molecule has 0 amide bonds. The normalized spacial score (nSPS) is 21.9. The van der Waals surface area contributed by atoms with E-state index in [1.165, 1.54) is 36.1 Å². The highest BCUT2D eigenvalue weighted by atomic mass is 35.5. The number of anilines is 1. The average molecular weight is 472 g/mol. The van der Waals surface area contributed by atoms with Crippen LogP contribution < -0.4 is 14.4 Å². The predicted octanol–water partition coefficient (Wildman–Crippen LogP) is 5.91. The van der Waals surface area contributed by atoms with Crippen molar-refractivity contribution in [2.75, 3.05) is 38.3 Å². The Balaban J connectivity index is 1.50. The number of fused-ring (bicyclic) bond motifs is 1. The van der Waals surface area contributed by atoms with Gasteiger partial charge in [0.15, 0.2) is 0 Å². The average Bonchev–Trinajstić information content (AvgIpc) is 2.84. The second-order valence-corrected chi connectivity index (χ2v) is 9.68. The first-order valence-corrected chi connectivity index (χ1v) is 12.2. The number of benzene rings is 2. The fourth-order valence-corrected chi connectivity index (χ4v) is 5.43. The van der Waals surface area contributed by atoms with E-state index >= 15 is 0 Å². The molecule has 7 heteroatoms. The first kappa shape index (κ1) is 23.8. The number of hydrogen-bond donors (Lipinski definition) is 0. The van der Waals surface area contributed by atoms with Gasteiger partial charge >= 0.3 is 0 Å². The fraction of sp³-hybridized carbons (Fsp3) is 0.538. The summed E-state index contributed by atoms with van der Waals surface area (Å²) in [5.41, 5.74) is 5.01. The number of ether oxygens (including phenoxy) is 2. The quantitative estimate of drug-likeness (QED) is 0.469. The molecule has 0 aromatic heterocycles. The molecule has 4 rings (SSSR count). The second-order valence-electron chi connectivity index (χ2n) is 9.27. The van der Waals surface area contributed by atoms with Gasteiger partial charge in [-0.3, -0.25) is 4.90 Å². The number of methoxy groups -OCH3 is 1. The van der Waals surface area contributed by atoms with Crippen LogP contribution in [0.1, 0.15) is 48.9 Å². The summed E-state index contributed by atoms with van der Waals surface area (Å²) in [6, 6.07) is 11.0. The zero-order valence-electron chi connectivity index (χ0n) is 20.0. The summed E-state index contributed by atoms with van der Waals surface area (Å²) in [5, 5.41) is 3.68. The van der Waals surface area contributed by atoms with Crippen LogP contribution in [-0.4, -0.2) is 50.3 Å². The number of nitrogens with zero attached hydrogens (tertiary/aromatic N) is 3. The van der Waals surface area contributed by atoms with Crippen molar-refractivity contribution in [1.82, 2.24) is 4.90 Å². The van der Waals surface area contributed by atoms with Crippen molar-refractivity contribution in [3.63, 3.8) is 0 Å². The third-order valence-corrected chi connectivity index (χ3v) is 7.55. The summed E-state index contributed by atoms with van der Waals surface area (Å²) in [5.74, 6) is 1.57. The van der Waals surface area contributed by atoms with Crippen LogP contribution >= 0.6 is 11.6 Å². The highest BCUT2D eigenvalue weighted by Gasteiger charge is 2.36. The van der Waals surface area contributed by atoms with Crippen LogP contribution in [0.5, 0.6) is 11.5 Å². The van der Waals surface area contributed by atoms with Gasteiger partial charge in [-0.05, 0) is 74.9 Å². The van der Waals surface area contributed by atoms with E-state index < -0.39 is 0 Å². The molecule has 0 bridgehead atoms. The molecular weight excluding hydrogens is 438 g/mol. The molecule has 2 heterocycles. The Hall–Kier alpha value is -2.31. The molecule has 6 nitrogen and oxygen atoms in total. The van der Waals surface area contributed by atoms with Crippen LogP contribution in [0.25, 0.3) is 0 Å². The molecule has 3 atom stereocenters. The van der Waals surface area contributed by atoms with E-state index in [0.717, 1.165) is 36.7 Å². The van der Waals surface area contributed by atoms with Gasteiger partial charge in [0.25, 0.3) is 0 Å². The first-order chi connectivity index (χ1) is 15.9. The molecule has 2 saturated heterocycles. The Morgan fingerprint density at radius 1 is 1.12 bits per heavy atom. The minimum absolute atomic E-state index is 0.312. The Morgan fingerprint density at radius 2 is 1.94 bits per heavy atom. The number of hydrogen-bond acceptors (Lipinski definition) is 6. The van der Waals surface area contributed by atoms with Crippen molar-refractivity contribution in [3.05, 3.63) is 57.0 Å². The molecule has 0 N–H and O–H groups in total. The summed E-state index contributed by atoms with van der Waals surface area (Å²) in [6.45, 7) is 9.40. The summed E-state index contributed by atoms with van der Waals surface area (Å²) >= 11 is 6.23. The zero-order valence-corrected chi connectivity index (χ0v) is 20.8. The molecule has 0 aliphatic carbocycles. The summed E-state index contributed by atoms with van der Waals surface area (Å²) in [7, 11) is 1.66. The second kappa shape index (κ2) is 10.3. The number of nitroso groups, excluding NO2 is 1. The Bertz CT molecular complexity index is 999. The van der Waals surface area contributed by atoms with E-state index in [1.807, 2.05) is 12.1 Å². The number of halogens is 1. The highest BCUT2D eigenvalue weighted by molar-refractivity contribution is 6.32. The lowest BCUT2D eigenvalue weighted by Crippen LogP contribution is -2.56. The predicted molar refractivity (Wildman–Crippen MR) is 134 cm³/mol. The lowest BCUT2D eigenvalue weighted by molar-refractivity contribution is 0.0712. The van der Waals surface area contributed by atoms with Crippen LogP contribution in [0.4, 0.5) is 5.69 Å². The Morgan fingerprint density at radius 3 is 2.70 bits per heavy atom. The summed E-state index contributed by atoms with van der Waals surface area (Å²) in [4.78, 5) is 15.8. The number of rotatable bonds is 7. The van der Waals surface area contributed by atoms with Crippen LogP contribution in [0, 0.1) is 18.8 Å². The fourth-order valence-electron chi connectivity index (χ4n) is 5.24. The van der Waals surface area contributed by atoms with Crippen LogP contribution in [-0.2, 0) is 0 Å².